The molecule has 8 aromatic carbocycles. The Hall–Kier alpha value is -7.14. The first kappa shape index (κ1) is 33.0. The fourth-order valence-electron chi connectivity index (χ4n) is 9.43. The fraction of sp³-hybridized carbons (Fsp3) is 0.0370. The van der Waals surface area contributed by atoms with Crippen LogP contribution >= 0.6 is 11.3 Å². The van der Waals surface area contributed by atoms with Gasteiger partial charge in [-0.2, -0.15) is 0 Å². The molecule has 1 aliphatic carbocycles. The number of rotatable bonds is 6. The Bertz CT molecular complexity index is 3380. The average Bonchev–Trinajstić information content (AvgIpc) is 3.97. The molecule has 2 unspecified atom stereocenters. The van der Waals surface area contributed by atoms with Gasteiger partial charge in [-0.1, -0.05) is 146 Å². The van der Waals surface area contributed by atoms with Gasteiger partial charge in [0.15, 0.2) is 0 Å². The van der Waals surface area contributed by atoms with Crippen molar-refractivity contribution in [3.8, 4) is 11.1 Å². The van der Waals surface area contributed by atoms with Gasteiger partial charge in [0.2, 0.25) is 0 Å². The SMILES string of the molecule is C1=CC(c2ccccc2-c2ccc(N(c3ccc4c(c3)oc3ccccc34)c3cccc4c3sc3ccccc34)cc2)C(n2c3ccccc3c3ccccc32)C=C1. The Morgan fingerprint density at radius 3 is 1.95 bits per heavy atom. The third kappa shape index (κ3) is 5.12. The minimum atomic E-state index is 0.112. The predicted molar refractivity (Wildman–Crippen MR) is 246 cm³/mol. The van der Waals surface area contributed by atoms with Gasteiger partial charge in [-0.25, -0.2) is 0 Å². The molecule has 0 bridgehead atoms. The highest BCUT2D eigenvalue weighted by Gasteiger charge is 2.28. The first-order valence-electron chi connectivity index (χ1n) is 19.9. The Labute approximate surface area is 339 Å². The Morgan fingerprint density at radius 1 is 0.483 bits per heavy atom. The number of thiophene rings is 1. The number of benzene rings is 8. The lowest BCUT2D eigenvalue weighted by Gasteiger charge is -2.30. The van der Waals surface area contributed by atoms with E-state index in [2.05, 4.69) is 204 Å². The second kappa shape index (κ2) is 13.2. The molecule has 0 radical (unpaired) electrons. The average molecular weight is 761 g/mol. The number of hydrogen-bond donors (Lipinski definition) is 0. The molecule has 1 aliphatic rings. The van der Waals surface area contributed by atoms with Crippen molar-refractivity contribution in [1.29, 1.82) is 0 Å². The maximum absolute atomic E-state index is 6.44. The highest BCUT2D eigenvalue weighted by Crippen LogP contribution is 2.47. The molecule has 4 heteroatoms. The number of hydrogen-bond acceptors (Lipinski definition) is 3. The van der Waals surface area contributed by atoms with Crippen LogP contribution < -0.4 is 4.90 Å². The summed E-state index contributed by atoms with van der Waals surface area (Å²) < 4.78 is 11.5. The van der Waals surface area contributed by atoms with Crippen LogP contribution in [0.4, 0.5) is 17.1 Å². The smallest absolute Gasteiger partial charge is 0.137 e. The molecular weight excluding hydrogens is 725 g/mol. The molecule has 12 rings (SSSR count). The molecule has 274 valence electrons. The zero-order valence-electron chi connectivity index (χ0n) is 31.5. The van der Waals surface area contributed by atoms with Crippen molar-refractivity contribution in [2.45, 2.75) is 12.0 Å². The molecule has 0 saturated carbocycles. The zero-order valence-corrected chi connectivity index (χ0v) is 32.3. The van der Waals surface area contributed by atoms with Crippen LogP contribution in [-0.2, 0) is 0 Å². The summed E-state index contributed by atoms with van der Waals surface area (Å²) in [5, 5.41) is 7.39. The van der Waals surface area contributed by atoms with Gasteiger partial charge in [0.1, 0.15) is 11.2 Å². The molecule has 0 saturated heterocycles. The summed E-state index contributed by atoms with van der Waals surface area (Å²) in [7, 11) is 0. The second-order valence-corrected chi connectivity index (χ2v) is 16.2. The molecule has 3 aromatic heterocycles. The van der Waals surface area contributed by atoms with Crippen molar-refractivity contribution in [2.24, 2.45) is 0 Å². The standard InChI is InChI=1S/C54H36N2OS/c1-2-15-39(40-16-3-8-22-47(40)56-48-23-9-4-17-41(48)42-18-5-10-24-49(42)56)38(14-1)35-28-30-36(31-29-35)55(37-32-33-44-43-19-6-11-26-51(43)57-52(44)34-37)50-25-13-21-46-45-20-7-12-27-53(45)58-54(46)50/h1-34,40,47H. The van der Waals surface area contributed by atoms with Crippen molar-refractivity contribution < 1.29 is 4.42 Å². The van der Waals surface area contributed by atoms with E-state index in [1.165, 1.54) is 58.7 Å². The molecule has 0 fully saturated rings. The van der Waals surface area contributed by atoms with E-state index in [-0.39, 0.29) is 12.0 Å². The van der Waals surface area contributed by atoms with Gasteiger partial charge >= 0.3 is 0 Å². The fourth-order valence-corrected chi connectivity index (χ4v) is 10.6. The van der Waals surface area contributed by atoms with Crippen molar-refractivity contribution in [3.05, 3.63) is 212 Å². The molecular formula is C54H36N2OS. The molecule has 0 N–H and O–H groups in total. The van der Waals surface area contributed by atoms with Gasteiger partial charge in [0, 0.05) is 71.4 Å². The molecule has 3 nitrogen and oxygen atoms in total. The van der Waals surface area contributed by atoms with Gasteiger partial charge in [0.25, 0.3) is 0 Å². The van der Waals surface area contributed by atoms with E-state index in [0.717, 1.165) is 39.0 Å². The van der Waals surface area contributed by atoms with E-state index >= 15 is 0 Å². The third-order valence-corrected chi connectivity index (χ3v) is 13.2. The lowest BCUT2D eigenvalue weighted by Crippen LogP contribution is -2.17. The number of para-hydroxylation sites is 3. The van der Waals surface area contributed by atoms with Crippen LogP contribution in [0.5, 0.6) is 0 Å². The molecule has 0 aliphatic heterocycles. The summed E-state index contributed by atoms with van der Waals surface area (Å²) in [6.45, 7) is 0. The third-order valence-electron chi connectivity index (χ3n) is 12.0. The van der Waals surface area contributed by atoms with Crippen LogP contribution in [0.2, 0.25) is 0 Å². The Kier molecular flexibility index (Phi) is 7.54. The molecule has 3 heterocycles. The van der Waals surface area contributed by atoms with Crippen LogP contribution in [-0.4, -0.2) is 4.57 Å². The molecule has 0 spiro atoms. The summed E-state index contributed by atoms with van der Waals surface area (Å²) in [5.41, 5.74) is 11.3. The number of fused-ring (bicyclic) bond motifs is 9. The summed E-state index contributed by atoms with van der Waals surface area (Å²) in [6, 6.07) is 66.2. The minimum absolute atomic E-state index is 0.112. The van der Waals surface area contributed by atoms with Crippen LogP contribution in [0.15, 0.2) is 211 Å². The normalized spacial score (nSPS) is 15.4. The number of furan rings is 1. The highest BCUT2D eigenvalue weighted by molar-refractivity contribution is 7.26. The second-order valence-electron chi connectivity index (χ2n) is 15.2. The Balaban J connectivity index is 0.990. The van der Waals surface area contributed by atoms with E-state index in [0.29, 0.717) is 0 Å². The monoisotopic (exact) mass is 760 g/mol. The van der Waals surface area contributed by atoms with Crippen LogP contribution in [0.1, 0.15) is 17.5 Å². The number of allylic oxidation sites excluding steroid dienone is 4. The quantitative estimate of drug-likeness (QED) is 0.168. The number of aromatic nitrogens is 1. The summed E-state index contributed by atoms with van der Waals surface area (Å²) in [4.78, 5) is 2.40. The predicted octanol–water partition coefficient (Wildman–Crippen LogP) is 15.6. The van der Waals surface area contributed by atoms with Gasteiger partial charge in [-0.15, -0.1) is 11.3 Å². The van der Waals surface area contributed by atoms with Gasteiger partial charge in [-0.3, -0.25) is 0 Å². The largest absolute Gasteiger partial charge is 0.456 e. The van der Waals surface area contributed by atoms with Crippen LogP contribution in [0.3, 0.4) is 0 Å². The van der Waals surface area contributed by atoms with Crippen molar-refractivity contribution >= 4 is 92.3 Å². The van der Waals surface area contributed by atoms with E-state index in [9.17, 15) is 0 Å². The van der Waals surface area contributed by atoms with Gasteiger partial charge in [-0.05, 0) is 71.3 Å². The molecule has 0 amide bonds. The maximum Gasteiger partial charge on any atom is 0.137 e. The topological polar surface area (TPSA) is 21.3 Å². The lowest BCUT2D eigenvalue weighted by molar-refractivity contribution is 0.576. The molecule has 11 aromatic rings. The first-order chi connectivity index (χ1) is 28.8. The van der Waals surface area contributed by atoms with Gasteiger partial charge < -0.3 is 13.9 Å². The number of anilines is 3. The van der Waals surface area contributed by atoms with Gasteiger partial charge in [0.05, 0.1) is 16.4 Å². The van der Waals surface area contributed by atoms with Crippen LogP contribution in [0.25, 0.3) is 75.0 Å². The first-order valence-corrected chi connectivity index (χ1v) is 20.7. The number of nitrogens with zero attached hydrogens (tertiary/aromatic N) is 2. The summed E-state index contributed by atoms with van der Waals surface area (Å²) >= 11 is 1.85. The van der Waals surface area contributed by atoms with Crippen molar-refractivity contribution in [1.82, 2.24) is 4.57 Å². The minimum Gasteiger partial charge on any atom is -0.456 e. The zero-order chi connectivity index (χ0) is 38.2. The van der Waals surface area contributed by atoms with E-state index in [4.69, 9.17) is 4.42 Å². The maximum atomic E-state index is 6.44. The summed E-state index contributed by atoms with van der Waals surface area (Å²) in [5.74, 6) is 0.137. The van der Waals surface area contributed by atoms with Crippen molar-refractivity contribution in [2.75, 3.05) is 4.90 Å². The highest BCUT2D eigenvalue weighted by atomic mass is 32.1. The van der Waals surface area contributed by atoms with E-state index in [1.54, 1.807) is 0 Å². The van der Waals surface area contributed by atoms with Crippen molar-refractivity contribution in [3.63, 3.8) is 0 Å². The summed E-state index contributed by atoms with van der Waals surface area (Å²) in [6.07, 6.45) is 9.16. The lowest BCUT2D eigenvalue weighted by atomic mass is 9.83. The Morgan fingerprint density at radius 2 is 1.12 bits per heavy atom. The van der Waals surface area contributed by atoms with E-state index < -0.39 is 0 Å². The molecule has 2 atom stereocenters. The van der Waals surface area contributed by atoms with E-state index in [1.807, 2.05) is 23.5 Å². The molecule has 58 heavy (non-hydrogen) atoms. The van der Waals surface area contributed by atoms with Crippen LogP contribution in [0, 0.1) is 0 Å².